The summed E-state index contributed by atoms with van der Waals surface area (Å²) in [7, 11) is 2.73. The first-order valence-corrected chi connectivity index (χ1v) is 11.8. The summed E-state index contributed by atoms with van der Waals surface area (Å²) in [5, 5.41) is 1.72. The minimum Gasteiger partial charge on any atom is -0.493 e. The van der Waals surface area contributed by atoms with Gasteiger partial charge in [-0.1, -0.05) is 42.5 Å². The minimum absolute atomic E-state index is 0.201. The average molecular weight is 542 g/mol. The van der Waals surface area contributed by atoms with Gasteiger partial charge in [-0.3, -0.25) is 19.3 Å². The van der Waals surface area contributed by atoms with Crippen molar-refractivity contribution in [3.8, 4) is 11.5 Å². The zero-order valence-electron chi connectivity index (χ0n) is 18.4. The second kappa shape index (κ2) is 10.3. The van der Waals surface area contributed by atoms with Crippen molar-refractivity contribution in [1.29, 1.82) is 0 Å². The molecule has 0 unspecified atom stereocenters. The molecular formula is C25H20BrNO6S. The van der Waals surface area contributed by atoms with Crippen molar-refractivity contribution in [2.24, 2.45) is 0 Å². The third kappa shape index (κ3) is 4.95. The van der Waals surface area contributed by atoms with Gasteiger partial charge in [0.25, 0.3) is 11.1 Å². The molecule has 0 saturated carbocycles. The molecule has 0 N–H and O–H groups in total. The van der Waals surface area contributed by atoms with Gasteiger partial charge in [-0.05, 0) is 67.8 Å². The van der Waals surface area contributed by atoms with E-state index in [0.717, 1.165) is 33.0 Å². The lowest BCUT2D eigenvalue weighted by Crippen LogP contribution is -2.34. The molecule has 0 bridgehead atoms. The highest BCUT2D eigenvalue weighted by Gasteiger charge is 2.36. The number of imide groups is 1. The van der Waals surface area contributed by atoms with Gasteiger partial charge in [0, 0.05) is 0 Å². The van der Waals surface area contributed by atoms with Crippen LogP contribution in [0.15, 0.2) is 64.0 Å². The quantitative estimate of drug-likeness (QED) is 0.292. The molecule has 9 heteroatoms. The highest BCUT2D eigenvalue weighted by atomic mass is 79.9. The number of amides is 2. The number of benzene rings is 3. The normalized spacial score (nSPS) is 14.7. The number of fused-ring (bicyclic) bond motifs is 1. The van der Waals surface area contributed by atoms with E-state index in [2.05, 4.69) is 38.9 Å². The molecule has 2 amide bonds. The van der Waals surface area contributed by atoms with Crippen LogP contribution in [0.2, 0.25) is 0 Å². The number of thioether (sulfide) groups is 1. The Morgan fingerprint density at radius 3 is 2.62 bits per heavy atom. The summed E-state index contributed by atoms with van der Waals surface area (Å²) in [6, 6.07) is 17.6. The van der Waals surface area contributed by atoms with E-state index in [4.69, 9.17) is 9.47 Å². The Hall–Kier alpha value is -3.30. The smallest absolute Gasteiger partial charge is 0.325 e. The molecule has 3 aromatic rings. The van der Waals surface area contributed by atoms with Gasteiger partial charge < -0.3 is 14.2 Å². The fourth-order valence-electron chi connectivity index (χ4n) is 3.51. The van der Waals surface area contributed by atoms with Gasteiger partial charge in [-0.2, -0.15) is 0 Å². The molecule has 0 spiro atoms. The first-order valence-electron chi connectivity index (χ1n) is 10.2. The van der Waals surface area contributed by atoms with E-state index in [1.807, 2.05) is 24.3 Å². The van der Waals surface area contributed by atoms with Crippen LogP contribution in [0.4, 0.5) is 4.79 Å². The van der Waals surface area contributed by atoms with Crippen LogP contribution in [-0.4, -0.2) is 42.8 Å². The number of nitrogens with zero attached hydrogens (tertiary/aromatic N) is 1. The van der Waals surface area contributed by atoms with Crippen molar-refractivity contribution in [2.45, 2.75) is 6.61 Å². The summed E-state index contributed by atoms with van der Waals surface area (Å²) >= 11 is 4.29. The van der Waals surface area contributed by atoms with Crippen LogP contribution >= 0.6 is 27.7 Å². The third-order valence-electron chi connectivity index (χ3n) is 5.19. The molecule has 0 aliphatic carbocycles. The average Bonchev–Trinajstić information content (AvgIpc) is 3.10. The van der Waals surface area contributed by atoms with E-state index in [1.165, 1.54) is 14.2 Å². The number of methoxy groups -OCH3 is 2. The van der Waals surface area contributed by atoms with E-state index in [-0.39, 0.29) is 4.91 Å². The molecule has 0 aromatic heterocycles. The van der Waals surface area contributed by atoms with Crippen molar-refractivity contribution in [3.63, 3.8) is 0 Å². The number of carbonyl (C=O) groups excluding carboxylic acids is 3. The maximum absolute atomic E-state index is 12.6. The van der Waals surface area contributed by atoms with Crippen molar-refractivity contribution in [1.82, 2.24) is 4.90 Å². The number of ether oxygens (including phenoxy) is 3. The van der Waals surface area contributed by atoms with E-state index in [1.54, 1.807) is 18.2 Å². The van der Waals surface area contributed by atoms with Crippen molar-refractivity contribution in [2.75, 3.05) is 20.8 Å². The van der Waals surface area contributed by atoms with Crippen LogP contribution in [0.3, 0.4) is 0 Å². The second-order valence-corrected chi connectivity index (χ2v) is 9.15. The van der Waals surface area contributed by atoms with Gasteiger partial charge in [0.15, 0.2) is 11.5 Å². The zero-order valence-corrected chi connectivity index (χ0v) is 20.8. The number of hydrogen-bond donors (Lipinski definition) is 0. The highest BCUT2D eigenvalue weighted by Crippen LogP contribution is 2.39. The summed E-state index contributed by atoms with van der Waals surface area (Å²) in [6.45, 7) is -0.0887. The van der Waals surface area contributed by atoms with Crippen molar-refractivity contribution < 1.29 is 28.6 Å². The molecule has 4 rings (SSSR count). The zero-order chi connectivity index (χ0) is 24.2. The van der Waals surface area contributed by atoms with E-state index in [0.29, 0.717) is 28.1 Å². The van der Waals surface area contributed by atoms with Crippen molar-refractivity contribution >= 4 is 61.7 Å². The van der Waals surface area contributed by atoms with E-state index < -0.39 is 23.7 Å². The van der Waals surface area contributed by atoms with Crippen LogP contribution in [0.1, 0.15) is 11.1 Å². The minimum atomic E-state index is -0.666. The van der Waals surface area contributed by atoms with Crippen LogP contribution in [0.5, 0.6) is 11.5 Å². The lowest BCUT2D eigenvalue weighted by atomic mass is 10.1. The first kappa shape index (κ1) is 23.8. The molecule has 7 nitrogen and oxygen atoms in total. The first-order chi connectivity index (χ1) is 16.4. The lowest BCUT2D eigenvalue weighted by molar-refractivity contribution is -0.143. The van der Waals surface area contributed by atoms with Crippen LogP contribution in [-0.2, 0) is 20.9 Å². The third-order valence-corrected chi connectivity index (χ3v) is 6.69. The topological polar surface area (TPSA) is 82.1 Å². The molecule has 174 valence electrons. The number of hydrogen-bond acceptors (Lipinski definition) is 7. The van der Waals surface area contributed by atoms with Crippen LogP contribution in [0.25, 0.3) is 16.8 Å². The molecular weight excluding hydrogens is 522 g/mol. The van der Waals surface area contributed by atoms with Gasteiger partial charge in [-0.25, -0.2) is 0 Å². The molecule has 0 atom stereocenters. The largest absolute Gasteiger partial charge is 0.493 e. The predicted molar refractivity (Wildman–Crippen MR) is 134 cm³/mol. The Kier molecular flexibility index (Phi) is 7.23. The van der Waals surface area contributed by atoms with Gasteiger partial charge in [-0.15, -0.1) is 0 Å². The molecule has 34 heavy (non-hydrogen) atoms. The monoisotopic (exact) mass is 541 g/mol. The summed E-state index contributed by atoms with van der Waals surface area (Å²) in [5.74, 6) is -0.228. The molecule has 0 radical (unpaired) electrons. The van der Waals surface area contributed by atoms with Crippen LogP contribution in [0, 0.1) is 0 Å². The Bertz CT molecular complexity index is 1320. The van der Waals surface area contributed by atoms with Gasteiger partial charge in [0.1, 0.15) is 13.2 Å². The molecule has 1 aliphatic rings. The fourth-order valence-corrected chi connectivity index (χ4v) is 4.93. The fraction of sp³-hybridized carbons (Fsp3) is 0.160. The molecule has 1 aliphatic heterocycles. The predicted octanol–water partition coefficient (Wildman–Crippen LogP) is 5.40. The number of carbonyl (C=O) groups is 3. The van der Waals surface area contributed by atoms with Gasteiger partial charge in [0.2, 0.25) is 0 Å². The van der Waals surface area contributed by atoms with Gasteiger partial charge in [0.05, 0.1) is 23.6 Å². The maximum Gasteiger partial charge on any atom is 0.325 e. The summed E-state index contributed by atoms with van der Waals surface area (Å²) in [6.07, 6.45) is 1.57. The van der Waals surface area contributed by atoms with E-state index in [9.17, 15) is 14.4 Å². The van der Waals surface area contributed by atoms with Crippen LogP contribution < -0.4 is 9.47 Å². The standard InChI is InChI=1S/C25H20BrNO6S/c1-31-20-11-15(12-21-24(29)27(25(30)34-21)13-22(28)32-2)10-19(26)23(20)33-14-17-8-5-7-16-6-3-4-9-18(16)17/h3-12H,13-14H2,1-2H3/b21-12-. The number of halogens is 1. The number of esters is 1. The Labute approximate surface area is 208 Å². The van der Waals surface area contributed by atoms with E-state index >= 15 is 0 Å². The summed E-state index contributed by atoms with van der Waals surface area (Å²) < 4.78 is 16.8. The Balaban J connectivity index is 1.57. The molecule has 1 heterocycles. The summed E-state index contributed by atoms with van der Waals surface area (Å²) in [5.41, 5.74) is 1.67. The van der Waals surface area contributed by atoms with Crippen molar-refractivity contribution in [3.05, 3.63) is 75.1 Å². The lowest BCUT2D eigenvalue weighted by Gasteiger charge is -2.15. The Morgan fingerprint density at radius 2 is 1.85 bits per heavy atom. The highest BCUT2D eigenvalue weighted by molar-refractivity contribution is 9.10. The molecule has 3 aromatic carbocycles. The second-order valence-electron chi connectivity index (χ2n) is 7.31. The molecule has 1 saturated heterocycles. The SMILES string of the molecule is COC(=O)CN1C(=O)S/C(=C\c2cc(Br)c(OCc3cccc4ccccc34)c(OC)c2)C1=O. The Morgan fingerprint density at radius 1 is 1.09 bits per heavy atom. The summed E-state index contributed by atoms with van der Waals surface area (Å²) in [4.78, 5) is 37.3. The van der Waals surface area contributed by atoms with Gasteiger partial charge >= 0.3 is 5.97 Å². The number of rotatable bonds is 7. The molecule has 1 fully saturated rings. The maximum atomic E-state index is 12.6.